The van der Waals surface area contributed by atoms with Crippen LogP contribution in [0, 0.1) is 0 Å². The normalized spacial score (nSPS) is 14.6. The van der Waals surface area contributed by atoms with Crippen LogP contribution in [-0.2, 0) is 23.9 Å². The molecule has 0 fully saturated rings. The van der Waals surface area contributed by atoms with E-state index in [4.69, 9.17) is 11.6 Å². The lowest BCUT2D eigenvalue weighted by atomic mass is 10.1. The molecular formula is C27H20ClN3O3S. The van der Waals surface area contributed by atoms with Crippen molar-refractivity contribution in [2.75, 3.05) is 4.90 Å². The molecule has 2 heterocycles. The summed E-state index contributed by atoms with van der Waals surface area (Å²) in [6, 6.07) is 22.7. The van der Waals surface area contributed by atoms with Crippen LogP contribution in [0.1, 0.15) is 31.8 Å². The number of benzene rings is 3. The summed E-state index contributed by atoms with van der Waals surface area (Å²) in [5, 5.41) is 3.43. The Morgan fingerprint density at radius 2 is 1.77 bits per heavy atom. The third-order valence-electron chi connectivity index (χ3n) is 5.68. The molecule has 1 aliphatic rings. The predicted octanol–water partition coefficient (Wildman–Crippen LogP) is 4.99. The number of pyridine rings is 1. The molecule has 0 spiro atoms. The Bertz CT molecular complexity index is 1460. The minimum Gasteiger partial charge on any atom is -0.348 e. The van der Waals surface area contributed by atoms with Crippen molar-refractivity contribution in [1.29, 1.82) is 0 Å². The zero-order chi connectivity index (χ0) is 24.4. The van der Waals surface area contributed by atoms with E-state index >= 15 is 0 Å². The predicted molar refractivity (Wildman–Crippen MR) is 135 cm³/mol. The van der Waals surface area contributed by atoms with Gasteiger partial charge in [0.15, 0.2) is 0 Å². The molecule has 6 nitrogen and oxygen atoms in total. The van der Waals surface area contributed by atoms with E-state index in [0.29, 0.717) is 38.2 Å². The van der Waals surface area contributed by atoms with Crippen molar-refractivity contribution in [2.45, 2.75) is 22.9 Å². The number of halogens is 1. The first-order valence-corrected chi connectivity index (χ1v) is 12.4. The monoisotopic (exact) mass is 501 g/mol. The highest BCUT2D eigenvalue weighted by atomic mass is 35.5. The van der Waals surface area contributed by atoms with Crippen LogP contribution in [0.15, 0.2) is 101 Å². The molecule has 0 aliphatic carbocycles. The van der Waals surface area contributed by atoms with Gasteiger partial charge in [0, 0.05) is 29.5 Å². The van der Waals surface area contributed by atoms with Gasteiger partial charge in [-0.3, -0.25) is 14.6 Å². The number of rotatable bonds is 5. The van der Waals surface area contributed by atoms with Gasteiger partial charge < -0.3 is 10.2 Å². The molecule has 8 heteroatoms. The Morgan fingerprint density at radius 1 is 0.943 bits per heavy atom. The Kier molecular flexibility index (Phi) is 6.44. The molecule has 2 amide bonds. The Balaban J connectivity index is 1.55. The van der Waals surface area contributed by atoms with Crippen LogP contribution in [0.3, 0.4) is 0 Å². The van der Waals surface area contributed by atoms with Gasteiger partial charge in [0.2, 0.25) is 0 Å². The molecule has 4 aromatic rings. The maximum Gasteiger partial charge on any atom is 0.259 e. The zero-order valence-electron chi connectivity index (χ0n) is 18.5. The zero-order valence-corrected chi connectivity index (χ0v) is 20.1. The van der Waals surface area contributed by atoms with Crippen molar-refractivity contribution in [3.8, 4) is 0 Å². The topological polar surface area (TPSA) is 79.4 Å². The van der Waals surface area contributed by atoms with Gasteiger partial charge in [-0.05, 0) is 59.7 Å². The van der Waals surface area contributed by atoms with Crippen LogP contribution in [0.25, 0.3) is 0 Å². The SMILES string of the molecule is O=C(NCc1cccnc1)c1ccc2c(c1)N(Cc1cccc(Cl)c1)C(=O)c1ccccc1[S@]2=O. The van der Waals surface area contributed by atoms with Crippen LogP contribution in [0.5, 0.6) is 0 Å². The lowest BCUT2D eigenvalue weighted by molar-refractivity contribution is 0.0947. The third kappa shape index (κ3) is 4.73. The quantitative estimate of drug-likeness (QED) is 0.417. The molecular weight excluding hydrogens is 482 g/mol. The highest BCUT2D eigenvalue weighted by Gasteiger charge is 2.31. The number of carbonyl (C=O) groups excluding carboxylic acids is 2. The Labute approximate surface area is 210 Å². The highest BCUT2D eigenvalue weighted by molar-refractivity contribution is 7.85. The summed E-state index contributed by atoms with van der Waals surface area (Å²) >= 11 is 6.18. The second-order valence-corrected chi connectivity index (χ2v) is 9.87. The molecule has 174 valence electrons. The summed E-state index contributed by atoms with van der Waals surface area (Å²) in [5.41, 5.74) is 2.84. The Hall–Kier alpha value is -3.81. The average molecular weight is 502 g/mol. The largest absolute Gasteiger partial charge is 0.348 e. The average Bonchev–Trinajstić information content (AvgIpc) is 2.97. The van der Waals surface area contributed by atoms with Gasteiger partial charge in [-0.1, -0.05) is 41.9 Å². The molecule has 0 saturated heterocycles. The standard InChI is InChI=1S/C27H20ClN3O3S/c28-21-7-3-5-18(13-21)17-31-23-14-20(26(32)30-16-19-6-4-12-29-15-19)10-11-25(23)35(34)24-9-2-1-8-22(24)27(31)33/h1-15H,16-17H2,(H,30,32)/t35-/m1/s1. The van der Waals surface area contributed by atoms with Gasteiger partial charge in [-0.15, -0.1) is 0 Å². The van der Waals surface area contributed by atoms with Crippen LogP contribution in [0.2, 0.25) is 5.02 Å². The molecule has 5 rings (SSSR count). The second-order valence-electron chi connectivity index (χ2n) is 8.01. The number of amides is 2. The number of nitrogens with zero attached hydrogens (tertiary/aromatic N) is 2. The van der Waals surface area contributed by atoms with Crippen molar-refractivity contribution in [3.63, 3.8) is 0 Å². The van der Waals surface area contributed by atoms with Crippen LogP contribution in [0.4, 0.5) is 5.69 Å². The second kappa shape index (κ2) is 9.82. The van der Waals surface area contributed by atoms with E-state index in [0.717, 1.165) is 11.1 Å². The van der Waals surface area contributed by atoms with Gasteiger partial charge >= 0.3 is 0 Å². The number of carbonyl (C=O) groups is 2. The van der Waals surface area contributed by atoms with Crippen LogP contribution >= 0.6 is 11.6 Å². The van der Waals surface area contributed by atoms with Gasteiger partial charge in [-0.25, -0.2) is 4.21 Å². The number of hydrogen-bond acceptors (Lipinski definition) is 4. The fraction of sp³-hybridized carbons (Fsp3) is 0.0741. The smallest absolute Gasteiger partial charge is 0.259 e. The molecule has 1 atom stereocenters. The highest BCUT2D eigenvalue weighted by Crippen LogP contribution is 2.36. The van der Waals surface area contributed by atoms with E-state index in [1.165, 1.54) is 0 Å². The molecule has 0 saturated carbocycles. The molecule has 35 heavy (non-hydrogen) atoms. The van der Waals surface area contributed by atoms with Gasteiger partial charge in [0.05, 0.1) is 38.4 Å². The molecule has 3 aromatic carbocycles. The minimum absolute atomic E-state index is 0.207. The summed E-state index contributed by atoms with van der Waals surface area (Å²) in [7, 11) is -1.59. The summed E-state index contributed by atoms with van der Waals surface area (Å²) < 4.78 is 13.5. The van der Waals surface area contributed by atoms with E-state index in [1.54, 1.807) is 78.0 Å². The molecule has 1 aromatic heterocycles. The van der Waals surface area contributed by atoms with Gasteiger partial charge in [-0.2, -0.15) is 0 Å². The number of aromatic nitrogens is 1. The Morgan fingerprint density at radius 3 is 2.57 bits per heavy atom. The van der Waals surface area contributed by atoms with Gasteiger partial charge in [0.25, 0.3) is 11.8 Å². The van der Waals surface area contributed by atoms with E-state index in [2.05, 4.69) is 10.3 Å². The van der Waals surface area contributed by atoms with E-state index in [9.17, 15) is 13.8 Å². The first-order valence-electron chi connectivity index (χ1n) is 10.9. The van der Waals surface area contributed by atoms with Crippen molar-refractivity contribution < 1.29 is 13.8 Å². The van der Waals surface area contributed by atoms with Crippen molar-refractivity contribution in [1.82, 2.24) is 10.3 Å². The number of hydrogen-bond donors (Lipinski definition) is 1. The summed E-state index contributed by atoms with van der Waals surface area (Å²) in [4.78, 5) is 33.2. The first-order chi connectivity index (χ1) is 17.0. The van der Waals surface area contributed by atoms with Crippen molar-refractivity contribution >= 4 is 39.9 Å². The third-order valence-corrected chi connectivity index (χ3v) is 7.41. The lowest BCUT2D eigenvalue weighted by Gasteiger charge is -2.23. The minimum atomic E-state index is -1.59. The number of anilines is 1. The molecule has 1 aliphatic heterocycles. The fourth-order valence-corrected chi connectivity index (χ4v) is 5.52. The number of fused-ring (bicyclic) bond motifs is 2. The molecule has 1 N–H and O–H groups in total. The molecule has 0 radical (unpaired) electrons. The fourth-order valence-electron chi connectivity index (χ4n) is 3.97. The van der Waals surface area contributed by atoms with Gasteiger partial charge in [0.1, 0.15) is 0 Å². The van der Waals surface area contributed by atoms with E-state index in [-0.39, 0.29) is 18.4 Å². The van der Waals surface area contributed by atoms with Crippen molar-refractivity contribution in [3.05, 3.63) is 119 Å². The van der Waals surface area contributed by atoms with E-state index < -0.39 is 10.8 Å². The first kappa shape index (κ1) is 23.0. The molecule has 0 unspecified atom stereocenters. The maximum absolute atomic E-state index is 13.7. The summed E-state index contributed by atoms with van der Waals surface area (Å²) in [6.07, 6.45) is 3.35. The van der Waals surface area contributed by atoms with Crippen LogP contribution in [-0.4, -0.2) is 21.0 Å². The lowest BCUT2D eigenvalue weighted by Crippen LogP contribution is -2.31. The van der Waals surface area contributed by atoms with Crippen LogP contribution < -0.4 is 10.2 Å². The summed E-state index contributed by atoms with van der Waals surface area (Å²) in [6.45, 7) is 0.519. The number of nitrogens with one attached hydrogen (secondary N) is 1. The van der Waals surface area contributed by atoms with E-state index in [1.807, 2.05) is 18.2 Å². The maximum atomic E-state index is 13.7. The van der Waals surface area contributed by atoms with Crippen molar-refractivity contribution in [2.24, 2.45) is 0 Å². The molecule has 0 bridgehead atoms. The summed E-state index contributed by atoms with van der Waals surface area (Å²) in [5.74, 6) is -0.597.